The van der Waals surface area contributed by atoms with E-state index in [4.69, 9.17) is 5.73 Å². The van der Waals surface area contributed by atoms with Crippen molar-refractivity contribution < 1.29 is 4.79 Å². The number of aryl methyl sites for hydroxylation is 1. The molecule has 0 saturated heterocycles. The Bertz CT molecular complexity index is 747. The van der Waals surface area contributed by atoms with Crippen LogP contribution in [0.1, 0.15) is 34.3 Å². The zero-order valence-corrected chi connectivity index (χ0v) is 15.2. The summed E-state index contributed by atoms with van der Waals surface area (Å²) in [5.41, 5.74) is 11.0. The molecule has 0 spiro atoms. The Balaban J connectivity index is 1.71. The number of nitrogens with two attached hydrogens (primary N) is 1. The van der Waals surface area contributed by atoms with E-state index >= 15 is 0 Å². The standard InChI is InChI=1S/C20H25N3OS/c21-16(13-25)12-22-17-8-3-7-15(11-17)20(24)23-19-10-4-6-14-5-1-2-9-18(14)19/h3-4,6-8,10-11,16,22,25H,1-2,5,9,12-13,21H2,(H,23,24). The minimum Gasteiger partial charge on any atom is -0.383 e. The van der Waals surface area contributed by atoms with E-state index in [9.17, 15) is 4.79 Å². The number of carbonyl (C=O) groups is 1. The van der Waals surface area contributed by atoms with E-state index in [0.29, 0.717) is 17.9 Å². The number of amides is 1. The minimum atomic E-state index is -0.0823. The molecule has 2 aromatic rings. The zero-order valence-electron chi connectivity index (χ0n) is 14.3. The van der Waals surface area contributed by atoms with E-state index in [1.54, 1.807) is 0 Å². The van der Waals surface area contributed by atoms with Crippen molar-refractivity contribution in [3.8, 4) is 0 Å². The van der Waals surface area contributed by atoms with Gasteiger partial charge in [-0.2, -0.15) is 12.6 Å². The average Bonchev–Trinajstić information content (AvgIpc) is 2.66. The molecule has 0 heterocycles. The lowest BCUT2D eigenvalue weighted by atomic mass is 9.90. The Morgan fingerprint density at radius 3 is 2.80 bits per heavy atom. The molecule has 0 aliphatic heterocycles. The number of anilines is 2. The van der Waals surface area contributed by atoms with Crippen molar-refractivity contribution >= 4 is 29.9 Å². The van der Waals surface area contributed by atoms with Crippen molar-refractivity contribution in [2.45, 2.75) is 31.7 Å². The third kappa shape index (κ3) is 4.55. The van der Waals surface area contributed by atoms with Gasteiger partial charge in [-0.05, 0) is 61.1 Å². The van der Waals surface area contributed by atoms with Gasteiger partial charge in [0.2, 0.25) is 0 Å². The summed E-state index contributed by atoms with van der Waals surface area (Å²) in [6, 6.07) is 13.7. The maximum atomic E-state index is 12.7. The zero-order chi connectivity index (χ0) is 17.6. The lowest BCUT2D eigenvalue weighted by Crippen LogP contribution is -2.30. The molecular weight excluding hydrogens is 330 g/mol. The first-order chi connectivity index (χ1) is 12.2. The second kappa shape index (κ2) is 8.41. The van der Waals surface area contributed by atoms with Gasteiger partial charge in [0.1, 0.15) is 0 Å². The van der Waals surface area contributed by atoms with Crippen LogP contribution in [-0.2, 0) is 12.8 Å². The molecule has 1 unspecified atom stereocenters. The summed E-state index contributed by atoms with van der Waals surface area (Å²) in [5.74, 6) is 0.535. The van der Waals surface area contributed by atoms with Crippen LogP contribution >= 0.6 is 12.6 Å². The SMILES string of the molecule is NC(CS)CNc1cccc(C(=O)Nc2cccc3c2CCCC3)c1. The molecule has 1 aliphatic carbocycles. The summed E-state index contributed by atoms with van der Waals surface area (Å²) in [6.07, 6.45) is 4.55. The molecule has 0 aromatic heterocycles. The monoisotopic (exact) mass is 355 g/mol. The highest BCUT2D eigenvalue weighted by molar-refractivity contribution is 7.80. The molecule has 4 nitrogen and oxygen atoms in total. The van der Waals surface area contributed by atoms with Gasteiger partial charge in [-0.3, -0.25) is 4.79 Å². The van der Waals surface area contributed by atoms with Crippen LogP contribution in [0.25, 0.3) is 0 Å². The summed E-state index contributed by atoms with van der Waals surface area (Å²) in [5, 5.41) is 6.34. The van der Waals surface area contributed by atoms with Crippen LogP contribution in [0.5, 0.6) is 0 Å². The molecule has 1 aliphatic rings. The summed E-state index contributed by atoms with van der Waals surface area (Å²) < 4.78 is 0. The summed E-state index contributed by atoms with van der Waals surface area (Å²) in [6.45, 7) is 0.626. The Hall–Kier alpha value is -1.98. The smallest absolute Gasteiger partial charge is 0.255 e. The van der Waals surface area contributed by atoms with E-state index < -0.39 is 0 Å². The van der Waals surface area contributed by atoms with Crippen LogP contribution in [0.2, 0.25) is 0 Å². The van der Waals surface area contributed by atoms with Gasteiger partial charge in [-0.1, -0.05) is 18.2 Å². The van der Waals surface area contributed by atoms with Crippen molar-refractivity contribution in [1.82, 2.24) is 0 Å². The number of carbonyl (C=O) groups excluding carboxylic acids is 1. The van der Waals surface area contributed by atoms with E-state index in [1.807, 2.05) is 36.4 Å². The van der Waals surface area contributed by atoms with Crippen molar-refractivity contribution in [2.75, 3.05) is 22.9 Å². The van der Waals surface area contributed by atoms with Gasteiger partial charge in [-0.15, -0.1) is 0 Å². The van der Waals surface area contributed by atoms with E-state index in [0.717, 1.165) is 24.2 Å². The lowest BCUT2D eigenvalue weighted by molar-refractivity contribution is 0.102. The first kappa shape index (κ1) is 17.8. The Morgan fingerprint density at radius 2 is 1.96 bits per heavy atom. The van der Waals surface area contributed by atoms with Crippen molar-refractivity contribution in [3.63, 3.8) is 0 Å². The predicted molar refractivity (Wildman–Crippen MR) is 108 cm³/mol. The topological polar surface area (TPSA) is 67.1 Å². The molecule has 3 rings (SSSR count). The molecule has 25 heavy (non-hydrogen) atoms. The summed E-state index contributed by atoms with van der Waals surface area (Å²) in [4.78, 5) is 12.7. The number of hydrogen-bond donors (Lipinski definition) is 4. The number of benzene rings is 2. The Morgan fingerprint density at radius 1 is 1.16 bits per heavy atom. The molecule has 0 fully saturated rings. The largest absolute Gasteiger partial charge is 0.383 e. The molecule has 4 N–H and O–H groups in total. The van der Waals surface area contributed by atoms with Crippen molar-refractivity contribution in [3.05, 3.63) is 59.2 Å². The number of fused-ring (bicyclic) bond motifs is 1. The summed E-state index contributed by atoms with van der Waals surface area (Å²) >= 11 is 4.18. The fourth-order valence-electron chi connectivity index (χ4n) is 3.18. The first-order valence-corrected chi connectivity index (χ1v) is 9.43. The third-order valence-electron chi connectivity index (χ3n) is 4.57. The summed E-state index contributed by atoms with van der Waals surface area (Å²) in [7, 11) is 0. The van der Waals surface area contributed by atoms with Crippen molar-refractivity contribution in [2.24, 2.45) is 5.73 Å². The van der Waals surface area contributed by atoms with Gasteiger partial charge in [0.25, 0.3) is 5.91 Å². The number of rotatable bonds is 6. The van der Waals surface area contributed by atoms with Crippen LogP contribution in [0.15, 0.2) is 42.5 Å². The highest BCUT2D eigenvalue weighted by atomic mass is 32.1. The van der Waals surface area contributed by atoms with E-state index in [1.165, 1.54) is 24.0 Å². The van der Waals surface area contributed by atoms with Gasteiger partial charge < -0.3 is 16.4 Å². The highest BCUT2D eigenvalue weighted by Gasteiger charge is 2.15. The quantitative estimate of drug-likeness (QED) is 0.600. The van der Waals surface area contributed by atoms with Crippen LogP contribution in [0, 0.1) is 0 Å². The minimum absolute atomic E-state index is 0.0170. The molecule has 5 heteroatoms. The molecular formula is C20H25N3OS. The highest BCUT2D eigenvalue weighted by Crippen LogP contribution is 2.28. The average molecular weight is 356 g/mol. The maximum absolute atomic E-state index is 12.7. The van der Waals surface area contributed by atoms with Gasteiger partial charge in [-0.25, -0.2) is 0 Å². The first-order valence-electron chi connectivity index (χ1n) is 8.80. The normalized spacial score (nSPS) is 14.5. The Kier molecular flexibility index (Phi) is 6.00. The van der Waals surface area contributed by atoms with Gasteiger partial charge in [0.05, 0.1) is 0 Å². The van der Waals surface area contributed by atoms with Crippen LogP contribution in [-0.4, -0.2) is 24.2 Å². The molecule has 0 bridgehead atoms. The molecule has 132 valence electrons. The lowest BCUT2D eigenvalue weighted by Gasteiger charge is -2.19. The molecule has 1 amide bonds. The second-order valence-electron chi connectivity index (χ2n) is 6.51. The fourth-order valence-corrected chi connectivity index (χ4v) is 3.31. The van der Waals surface area contributed by atoms with Gasteiger partial charge in [0, 0.05) is 35.3 Å². The third-order valence-corrected chi connectivity index (χ3v) is 5.04. The van der Waals surface area contributed by atoms with E-state index in [2.05, 4.69) is 29.3 Å². The Labute approximate surface area is 154 Å². The predicted octanol–water partition coefficient (Wildman–Crippen LogP) is 3.49. The fraction of sp³-hybridized carbons (Fsp3) is 0.350. The maximum Gasteiger partial charge on any atom is 0.255 e. The molecule has 2 aromatic carbocycles. The van der Waals surface area contributed by atoms with Crippen molar-refractivity contribution in [1.29, 1.82) is 0 Å². The second-order valence-corrected chi connectivity index (χ2v) is 6.87. The number of hydrogen-bond acceptors (Lipinski definition) is 4. The van der Waals surface area contributed by atoms with Gasteiger partial charge >= 0.3 is 0 Å². The van der Waals surface area contributed by atoms with Crippen LogP contribution in [0.4, 0.5) is 11.4 Å². The molecule has 0 radical (unpaired) electrons. The molecule has 1 atom stereocenters. The van der Waals surface area contributed by atoms with Crippen LogP contribution in [0.3, 0.4) is 0 Å². The number of thiol groups is 1. The van der Waals surface area contributed by atoms with E-state index in [-0.39, 0.29) is 11.9 Å². The van der Waals surface area contributed by atoms with Crippen LogP contribution < -0.4 is 16.4 Å². The number of nitrogens with one attached hydrogen (secondary N) is 2. The molecule has 0 saturated carbocycles. The van der Waals surface area contributed by atoms with Gasteiger partial charge in [0.15, 0.2) is 0 Å².